The van der Waals surface area contributed by atoms with Crippen molar-refractivity contribution in [1.29, 1.82) is 5.26 Å². The van der Waals surface area contributed by atoms with Crippen molar-refractivity contribution in [2.45, 2.75) is 31.8 Å². The summed E-state index contributed by atoms with van der Waals surface area (Å²) < 4.78 is 5.71. The van der Waals surface area contributed by atoms with Crippen LogP contribution < -0.4 is 10.2 Å². The molecule has 2 aromatic rings. The van der Waals surface area contributed by atoms with Gasteiger partial charge in [0.15, 0.2) is 0 Å². The Hall–Kier alpha value is -2.32. The standard InChI is InChI=1S/C21H28N8OS/c1-15-9-24-20(25-18-10-23-16(2)31-18)26-19(15)28-13-21(14-28,3-4-22)29-6-5-27-7-8-30-12-17(27)11-29/h9-10,17H,3,5-8,11-14H2,1-2H3,(H,24,25,26)/t17-/m1/s1. The van der Waals surface area contributed by atoms with E-state index >= 15 is 0 Å². The number of rotatable bonds is 5. The highest BCUT2D eigenvalue weighted by Gasteiger charge is 2.50. The minimum absolute atomic E-state index is 0.113. The van der Waals surface area contributed by atoms with Crippen molar-refractivity contribution in [3.63, 3.8) is 0 Å². The summed E-state index contributed by atoms with van der Waals surface area (Å²) in [5.74, 6) is 1.52. The van der Waals surface area contributed by atoms with E-state index in [-0.39, 0.29) is 5.54 Å². The number of aryl methyl sites for hydroxylation is 2. The van der Waals surface area contributed by atoms with Gasteiger partial charge >= 0.3 is 0 Å². The molecule has 3 saturated heterocycles. The molecular weight excluding hydrogens is 412 g/mol. The first-order valence-corrected chi connectivity index (χ1v) is 11.6. The lowest BCUT2D eigenvalue weighted by Gasteiger charge is -2.59. The molecule has 5 rings (SSSR count). The molecule has 0 spiro atoms. The highest BCUT2D eigenvalue weighted by atomic mass is 32.1. The monoisotopic (exact) mass is 440 g/mol. The van der Waals surface area contributed by atoms with Gasteiger partial charge in [-0.15, -0.1) is 11.3 Å². The summed E-state index contributed by atoms with van der Waals surface area (Å²) in [6, 6.07) is 2.89. The molecule has 10 heteroatoms. The quantitative estimate of drug-likeness (QED) is 0.747. The van der Waals surface area contributed by atoms with E-state index in [1.54, 1.807) is 17.5 Å². The number of piperazine rings is 1. The van der Waals surface area contributed by atoms with E-state index in [2.05, 4.69) is 36.1 Å². The Bertz CT molecular complexity index is 982. The van der Waals surface area contributed by atoms with Gasteiger partial charge in [-0.3, -0.25) is 9.80 Å². The SMILES string of the molecule is Cc1ncc(Nc2ncc(C)c(N3CC(CC#N)(N4CCN5CCOC[C@H]5C4)C3)n2)s1. The first-order valence-electron chi connectivity index (χ1n) is 10.8. The highest BCUT2D eigenvalue weighted by molar-refractivity contribution is 7.15. The molecule has 0 radical (unpaired) electrons. The third-order valence-electron chi connectivity index (χ3n) is 6.59. The molecule has 2 aromatic heterocycles. The van der Waals surface area contributed by atoms with E-state index in [1.807, 2.05) is 20.0 Å². The van der Waals surface area contributed by atoms with Gasteiger partial charge in [-0.05, 0) is 13.8 Å². The van der Waals surface area contributed by atoms with Crippen molar-refractivity contribution in [3.05, 3.63) is 23.0 Å². The average molecular weight is 441 g/mol. The summed E-state index contributed by atoms with van der Waals surface area (Å²) in [7, 11) is 0. The summed E-state index contributed by atoms with van der Waals surface area (Å²) in [4.78, 5) is 20.8. The lowest BCUT2D eigenvalue weighted by atomic mass is 9.83. The predicted molar refractivity (Wildman–Crippen MR) is 120 cm³/mol. The second-order valence-corrected chi connectivity index (χ2v) is 9.93. The first-order chi connectivity index (χ1) is 15.1. The molecule has 3 aliphatic heterocycles. The fourth-order valence-electron chi connectivity index (χ4n) is 4.90. The van der Waals surface area contributed by atoms with E-state index in [4.69, 9.17) is 9.72 Å². The summed E-state index contributed by atoms with van der Waals surface area (Å²) in [5, 5.41) is 14.8. The number of hydrogen-bond acceptors (Lipinski definition) is 10. The molecule has 3 aliphatic rings. The van der Waals surface area contributed by atoms with Crippen LogP contribution in [0.4, 0.5) is 16.8 Å². The zero-order valence-corrected chi connectivity index (χ0v) is 18.9. The number of hydrogen-bond donors (Lipinski definition) is 1. The molecule has 0 aromatic carbocycles. The number of nitrogens with one attached hydrogen (secondary N) is 1. The van der Waals surface area contributed by atoms with Gasteiger partial charge in [0, 0.05) is 57.1 Å². The van der Waals surface area contributed by atoms with Crippen molar-refractivity contribution in [1.82, 2.24) is 24.8 Å². The third kappa shape index (κ3) is 3.99. The minimum Gasteiger partial charge on any atom is -0.378 e. The summed E-state index contributed by atoms with van der Waals surface area (Å²) in [6.07, 6.45) is 4.20. The Morgan fingerprint density at radius 2 is 2.13 bits per heavy atom. The van der Waals surface area contributed by atoms with Crippen LogP contribution in [0.15, 0.2) is 12.4 Å². The molecular formula is C21H28N8OS. The zero-order chi connectivity index (χ0) is 21.4. The van der Waals surface area contributed by atoms with E-state index < -0.39 is 0 Å². The Morgan fingerprint density at radius 1 is 1.26 bits per heavy atom. The number of anilines is 3. The van der Waals surface area contributed by atoms with Crippen LogP contribution in [-0.4, -0.2) is 88.8 Å². The number of aromatic nitrogens is 3. The van der Waals surface area contributed by atoms with Gasteiger partial charge in [-0.25, -0.2) is 9.97 Å². The van der Waals surface area contributed by atoms with Crippen LogP contribution in [0.3, 0.4) is 0 Å². The van der Waals surface area contributed by atoms with Crippen LogP contribution in [0.2, 0.25) is 0 Å². The summed E-state index contributed by atoms with van der Waals surface area (Å²) in [5.41, 5.74) is 0.931. The maximum Gasteiger partial charge on any atom is 0.229 e. The molecule has 9 nitrogen and oxygen atoms in total. The topological polar surface area (TPSA) is 93.4 Å². The minimum atomic E-state index is -0.113. The summed E-state index contributed by atoms with van der Waals surface area (Å²) in [6.45, 7) is 11.3. The van der Waals surface area contributed by atoms with Crippen molar-refractivity contribution in [3.8, 4) is 6.07 Å². The van der Waals surface area contributed by atoms with E-state index in [1.165, 1.54) is 0 Å². The van der Waals surface area contributed by atoms with Gasteiger partial charge in [0.1, 0.15) is 10.8 Å². The maximum atomic E-state index is 9.58. The largest absolute Gasteiger partial charge is 0.378 e. The number of ether oxygens (including phenoxy) is 1. The van der Waals surface area contributed by atoms with E-state index in [0.29, 0.717) is 18.4 Å². The Morgan fingerprint density at radius 3 is 2.90 bits per heavy atom. The molecule has 0 aliphatic carbocycles. The number of fused-ring (bicyclic) bond motifs is 1. The van der Waals surface area contributed by atoms with Crippen LogP contribution in [0.25, 0.3) is 0 Å². The fraction of sp³-hybridized carbons (Fsp3) is 0.619. The van der Waals surface area contributed by atoms with Crippen LogP contribution >= 0.6 is 11.3 Å². The van der Waals surface area contributed by atoms with Gasteiger partial charge in [0.2, 0.25) is 5.95 Å². The molecule has 31 heavy (non-hydrogen) atoms. The number of morpholine rings is 1. The lowest BCUT2D eigenvalue weighted by Crippen LogP contribution is -2.74. The molecule has 0 saturated carbocycles. The second-order valence-electron chi connectivity index (χ2n) is 8.69. The lowest BCUT2D eigenvalue weighted by molar-refractivity contribution is -0.0753. The van der Waals surface area contributed by atoms with Gasteiger partial charge in [-0.1, -0.05) is 0 Å². The zero-order valence-electron chi connectivity index (χ0n) is 18.0. The molecule has 164 valence electrons. The summed E-state index contributed by atoms with van der Waals surface area (Å²) >= 11 is 1.58. The van der Waals surface area contributed by atoms with Gasteiger partial charge in [0.05, 0.1) is 42.4 Å². The van der Waals surface area contributed by atoms with Crippen LogP contribution in [0, 0.1) is 25.2 Å². The molecule has 1 atom stereocenters. The first kappa shape index (κ1) is 20.6. The van der Waals surface area contributed by atoms with Crippen LogP contribution in [-0.2, 0) is 4.74 Å². The molecule has 3 fully saturated rings. The maximum absolute atomic E-state index is 9.58. The molecule has 0 bridgehead atoms. The normalized spacial score (nSPS) is 23.6. The smallest absolute Gasteiger partial charge is 0.229 e. The predicted octanol–water partition coefficient (Wildman–Crippen LogP) is 1.78. The molecule has 0 amide bonds. The number of nitriles is 1. The second kappa shape index (κ2) is 8.31. The molecule has 5 heterocycles. The number of nitrogens with zero attached hydrogens (tertiary/aromatic N) is 7. The third-order valence-corrected chi connectivity index (χ3v) is 7.42. The van der Waals surface area contributed by atoms with Crippen molar-refractivity contribution in [2.75, 3.05) is 62.7 Å². The average Bonchev–Trinajstić information content (AvgIpc) is 3.16. The van der Waals surface area contributed by atoms with Gasteiger partial charge in [-0.2, -0.15) is 10.2 Å². The van der Waals surface area contributed by atoms with Crippen LogP contribution in [0.1, 0.15) is 17.0 Å². The molecule has 1 N–H and O–H groups in total. The Kier molecular flexibility index (Phi) is 5.52. The molecule has 0 unspecified atom stereocenters. The fourth-order valence-corrected chi connectivity index (χ4v) is 5.58. The Labute approximate surface area is 186 Å². The van der Waals surface area contributed by atoms with Crippen molar-refractivity contribution < 1.29 is 4.74 Å². The highest BCUT2D eigenvalue weighted by Crippen LogP contribution is 2.37. The Balaban J connectivity index is 1.30. The van der Waals surface area contributed by atoms with E-state index in [0.717, 1.165) is 73.9 Å². The van der Waals surface area contributed by atoms with E-state index in [9.17, 15) is 5.26 Å². The van der Waals surface area contributed by atoms with Crippen molar-refractivity contribution >= 4 is 28.1 Å². The van der Waals surface area contributed by atoms with Crippen LogP contribution in [0.5, 0.6) is 0 Å². The number of thiazole rings is 1. The van der Waals surface area contributed by atoms with Gasteiger partial charge < -0.3 is 15.0 Å². The van der Waals surface area contributed by atoms with Gasteiger partial charge in [0.25, 0.3) is 0 Å². The van der Waals surface area contributed by atoms with Crippen molar-refractivity contribution in [2.24, 2.45) is 0 Å².